The molecule has 2 rings (SSSR count). The molecule has 1 aromatic carbocycles. The highest BCUT2D eigenvalue weighted by Gasteiger charge is 2.22. The summed E-state index contributed by atoms with van der Waals surface area (Å²) < 4.78 is 0. The van der Waals surface area contributed by atoms with Crippen molar-refractivity contribution in [3.8, 4) is 0 Å². The van der Waals surface area contributed by atoms with Crippen LogP contribution >= 0.6 is 0 Å². The van der Waals surface area contributed by atoms with Gasteiger partial charge in [-0.1, -0.05) is 37.3 Å². The van der Waals surface area contributed by atoms with Crippen molar-refractivity contribution in [2.24, 2.45) is 5.92 Å². The Bertz CT molecular complexity index is 507. The number of rotatable bonds is 6. The van der Waals surface area contributed by atoms with Gasteiger partial charge in [-0.25, -0.2) is 0 Å². The molecule has 0 aliphatic carbocycles. The molecule has 1 aromatic rings. The fraction of sp³-hybridized carbons (Fsp3) is 0.579. The SMILES string of the molecule is CC(=O)N(CCCc1ccccc1)CC(=O)N1CCC(C)CC1. The summed E-state index contributed by atoms with van der Waals surface area (Å²) in [5.41, 5.74) is 1.27. The van der Waals surface area contributed by atoms with Crippen molar-refractivity contribution in [2.45, 2.75) is 39.5 Å². The molecule has 1 aliphatic heterocycles. The van der Waals surface area contributed by atoms with Gasteiger partial charge in [0.05, 0.1) is 6.54 Å². The average molecular weight is 316 g/mol. The fourth-order valence-corrected chi connectivity index (χ4v) is 2.99. The first-order chi connectivity index (χ1) is 11.1. The van der Waals surface area contributed by atoms with Gasteiger partial charge in [-0.05, 0) is 37.2 Å². The second-order valence-electron chi connectivity index (χ2n) is 6.59. The van der Waals surface area contributed by atoms with Crippen molar-refractivity contribution in [3.05, 3.63) is 35.9 Å². The molecule has 0 bridgehead atoms. The van der Waals surface area contributed by atoms with Crippen LogP contribution in [0.4, 0.5) is 0 Å². The van der Waals surface area contributed by atoms with Gasteiger partial charge in [0, 0.05) is 26.6 Å². The molecule has 1 heterocycles. The molecule has 0 aromatic heterocycles. The quantitative estimate of drug-likeness (QED) is 0.809. The maximum absolute atomic E-state index is 12.4. The molecule has 0 radical (unpaired) electrons. The molecule has 0 unspecified atom stereocenters. The Morgan fingerprint density at radius 3 is 2.43 bits per heavy atom. The van der Waals surface area contributed by atoms with Gasteiger partial charge in [-0.3, -0.25) is 9.59 Å². The normalized spacial score (nSPS) is 15.5. The van der Waals surface area contributed by atoms with Crippen molar-refractivity contribution < 1.29 is 9.59 Å². The van der Waals surface area contributed by atoms with Crippen LogP contribution in [0.1, 0.15) is 38.7 Å². The van der Waals surface area contributed by atoms with Crippen molar-refractivity contribution in [3.63, 3.8) is 0 Å². The van der Waals surface area contributed by atoms with Crippen LogP contribution in [0.2, 0.25) is 0 Å². The largest absolute Gasteiger partial charge is 0.341 e. The second kappa shape index (κ2) is 8.70. The molecule has 0 N–H and O–H groups in total. The molecule has 1 fully saturated rings. The van der Waals surface area contributed by atoms with Crippen LogP contribution < -0.4 is 0 Å². The molecule has 23 heavy (non-hydrogen) atoms. The lowest BCUT2D eigenvalue weighted by atomic mass is 9.99. The van der Waals surface area contributed by atoms with E-state index >= 15 is 0 Å². The number of nitrogens with zero attached hydrogens (tertiary/aromatic N) is 2. The molecule has 4 nitrogen and oxygen atoms in total. The zero-order valence-electron chi connectivity index (χ0n) is 14.3. The minimum atomic E-state index is -0.0169. The number of hydrogen-bond donors (Lipinski definition) is 0. The van der Waals surface area contributed by atoms with Crippen LogP contribution in [0.15, 0.2) is 30.3 Å². The van der Waals surface area contributed by atoms with E-state index in [1.54, 1.807) is 11.8 Å². The summed E-state index contributed by atoms with van der Waals surface area (Å²) >= 11 is 0. The number of benzene rings is 1. The van der Waals surface area contributed by atoms with Crippen LogP contribution in [-0.2, 0) is 16.0 Å². The van der Waals surface area contributed by atoms with Gasteiger partial charge in [0.1, 0.15) is 0 Å². The lowest BCUT2D eigenvalue weighted by Gasteiger charge is -2.32. The maximum atomic E-state index is 12.4. The molecule has 1 aliphatic rings. The monoisotopic (exact) mass is 316 g/mol. The van der Waals surface area contributed by atoms with E-state index in [1.165, 1.54) is 5.56 Å². The van der Waals surface area contributed by atoms with Crippen molar-refractivity contribution in [2.75, 3.05) is 26.2 Å². The van der Waals surface area contributed by atoms with E-state index < -0.39 is 0 Å². The molecule has 0 spiro atoms. The third-order valence-corrected chi connectivity index (χ3v) is 4.64. The number of carbonyl (C=O) groups excluding carboxylic acids is 2. The van der Waals surface area contributed by atoms with Crippen LogP contribution in [0, 0.1) is 5.92 Å². The summed E-state index contributed by atoms with van der Waals surface area (Å²) in [6.45, 7) is 6.30. The number of carbonyl (C=O) groups is 2. The van der Waals surface area contributed by atoms with Gasteiger partial charge < -0.3 is 9.80 Å². The summed E-state index contributed by atoms with van der Waals surface area (Å²) in [7, 11) is 0. The molecule has 126 valence electrons. The fourth-order valence-electron chi connectivity index (χ4n) is 2.99. The highest BCUT2D eigenvalue weighted by Crippen LogP contribution is 2.16. The molecule has 0 atom stereocenters. The van der Waals surface area contributed by atoms with E-state index in [2.05, 4.69) is 19.1 Å². The van der Waals surface area contributed by atoms with E-state index in [1.807, 2.05) is 23.1 Å². The van der Waals surface area contributed by atoms with E-state index in [0.29, 0.717) is 12.5 Å². The van der Waals surface area contributed by atoms with Gasteiger partial charge >= 0.3 is 0 Å². The summed E-state index contributed by atoms with van der Waals surface area (Å²) in [6.07, 6.45) is 3.95. The maximum Gasteiger partial charge on any atom is 0.242 e. The lowest BCUT2D eigenvalue weighted by molar-refractivity contribution is -0.140. The molecular formula is C19H28N2O2. The Kier molecular flexibility index (Phi) is 6.63. The van der Waals surface area contributed by atoms with Crippen LogP contribution in [0.3, 0.4) is 0 Å². The Balaban J connectivity index is 1.79. The summed E-state index contributed by atoms with van der Waals surface area (Å²) in [6, 6.07) is 10.2. The zero-order chi connectivity index (χ0) is 16.7. The topological polar surface area (TPSA) is 40.6 Å². The van der Waals surface area contributed by atoms with Gasteiger partial charge in [0.2, 0.25) is 11.8 Å². The molecule has 0 saturated carbocycles. The molecular weight excluding hydrogens is 288 g/mol. The first-order valence-corrected chi connectivity index (χ1v) is 8.63. The number of amides is 2. The van der Waals surface area contributed by atoms with Gasteiger partial charge in [-0.2, -0.15) is 0 Å². The van der Waals surface area contributed by atoms with Gasteiger partial charge in [0.15, 0.2) is 0 Å². The number of piperidine rings is 1. The molecule has 2 amide bonds. The first-order valence-electron chi connectivity index (χ1n) is 8.63. The number of hydrogen-bond acceptors (Lipinski definition) is 2. The highest BCUT2D eigenvalue weighted by atomic mass is 16.2. The van der Waals surface area contributed by atoms with Crippen molar-refractivity contribution in [1.82, 2.24) is 9.80 Å². The van der Waals surface area contributed by atoms with E-state index in [-0.39, 0.29) is 18.4 Å². The van der Waals surface area contributed by atoms with Crippen LogP contribution in [0.5, 0.6) is 0 Å². The first kappa shape index (κ1) is 17.5. The summed E-state index contributed by atoms with van der Waals surface area (Å²) in [4.78, 5) is 27.8. The predicted molar refractivity (Wildman–Crippen MR) is 92.0 cm³/mol. The zero-order valence-corrected chi connectivity index (χ0v) is 14.3. The van der Waals surface area contributed by atoms with Gasteiger partial charge in [0.25, 0.3) is 0 Å². The predicted octanol–water partition coefficient (Wildman–Crippen LogP) is 2.73. The number of likely N-dealkylation sites (tertiary alicyclic amines) is 1. The van der Waals surface area contributed by atoms with Crippen molar-refractivity contribution >= 4 is 11.8 Å². The van der Waals surface area contributed by atoms with Crippen molar-refractivity contribution in [1.29, 1.82) is 0 Å². The second-order valence-corrected chi connectivity index (χ2v) is 6.59. The summed E-state index contributed by atoms with van der Waals surface area (Å²) in [5.74, 6) is 0.775. The van der Waals surface area contributed by atoms with Gasteiger partial charge in [-0.15, -0.1) is 0 Å². The van der Waals surface area contributed by atoms with E-state index in [0.717, 1.165) is 38.8 Å². The van der Waals surface area contributed by atoms with E-state index in [9.17, 15) is 9.59 Å². The Hall–Kier alpha value is -1.84. The number of aryl methyl sites for hydroxylation is 1. The van der Waals surface area contributed by atoms with Crippen LogP contribution in [-0.4, -0.2) is 47.8 Å². The minimum Gasteiger partial charge on any atom is -0.341 e. The smallest absolute Gasteiger partial charge is 0.242 e. The standard InChI is InChI=1S/C19H28N2O2/c1-16-10-13-20(14-11-16)19(23)15-21(17(2)22)12-6-9-18-7-4-3-5-8-18/h3-5,7-8,16H,6,9-15H2,1-2H3. The average Bonchev–Trinajstić information content (AvgIpc) is 2.55. The van der Waals surface area contributed by atoms with E-state index in [4.69, 9.17) is 0 Å². The Morgan fingerprint density at radius 1 is 1.17 bits per heavy atom. The third kappa shape index (κ3) is 5.70. The lowest BCUT2D eigenvalue weighted by Crippen LogP contribution is -2.45. The minimum absolute atomic E-state index is 0.0169. The van der Waals surface area contributed by atoms with Crippen LogP contribution in [0.25, 0.3) is 0 Å². The molecule has 1 saturated heterocycles. The molecule has 4 heteroatoms. The third-order valence-electron chi connectivity index (χ3n) is 4.64. The highest BCUT2D eigenvalue weighted by molar-refractivity contribution is 5.83. The Labute approximate surface area is 139 Å². The Morgan fingerprint density at radius 2 is 1.83 bits per heavy atom. The summed E-state index contributed by atoms with van der Waals surface area (Å²) in [5, 5.41) is 0.